The maximum absolute atomic E-state index is 6.47. The minimum atomic E-state index is -0.188. The maximum atomic E-state index is 6.47. The molecule has 0 atom stereocenters. The molecule has 94 valence electrons. The van der Waals surface area contributed by atoms with Gasteiger partial charge in [0.05, 0.1) is 0 Å². The Bertz CT molecular complexity index is 497. The molecule has 1 saturated carbocycles. The first kappa shape index (κ1) is 11.3. The number of hydrogen-bond acceptors (Lipinski definition) is 4. The Morgan fingerprint density at radius 1 is 1.17 bits per heavy atom. The highest BCUT2D eigenvalue weighted by molar-refractivity contribution is 5.28. The van der Waals surface area contributed by atoms with Crippen LogP contribution in [0.1, 0.15) is 37.7 Å². The second-order valence-corrected chi connectivity index (χ2v) is 4.96. The van der Waals surface area contributed by atoms with Gasteiger partial charge in [-0.05, 0) is 24.5 Å². The van der Waals surface area contributed by atoms with Crippen LogP contribution in [0.3, 0.4) is 0 Å². The normalized spacial score (nSPS) is 18.7. The van der Waals surface area contributed by atoms with E-state index < -0.39 is 0 Å². The highest BCUT2D eigenvalue weighted by Crippen LogP contribution is 2.34. The number of pyridine rings is 1. The molecule has 1 aliphatic rings. The Hall–Kier alpha value is -1.75. The largest absolute Gasteiger partial charge is 0.321 e. The standard InChI is InChI=1S/C13H17N5/c14-13(6-2-1-3-7-13)11-4-5-12(16-8-11)18-10-15-9-17-18/h4-5,8-10H,1-3,6-7,14H2. The highest BCUT2D eigenvalue weighted by atomic mass is 15.3. The smallest absolute Gasteiger partial charge is 0.155 e. The Morgan fingerprint density at radius 2 is 2.00 bits per heavy atom. The van der Waals surface area contributed by atoms with Crippen molar-refractivity contribution < 1.29 is 0 Å². The van der Waals surface area contributed by atoms with Gasteiger partial charge in [0.2, 0.25) is 0 Å². The summed E-state index contributed by atoms with van der Waals surface area (Å²) in [6.45, 7) is 0. The zero-order valence-electron chi connectivity index (χ0n) is 10.3. The van der Waals surface area contributed by atoms with Crippen LogP contribution >= 0.6 is 0 Å². The summed E-state index contributed by atoms with van der Waals surface area (Å²) in [7, 11) is 0. The van der Waals surface area contributed by atoms with Crippen LogP contribution in [0.4, 0.5) is 0 Å². The van der Waals surface area contributed by atoms with E-state index in [1.165, 1.54) is 25.6 Å². The van der Waals surface area contributed by atoms with E-state index >= 15 is 0 Å². The first-order valence-corrected chi connectivity index (χ1v) is 6.38. The summed E-state index contributed by atoms with van der Waals surface area (Å²) >= 11 is 0. The molecule has 1 fully saturated rings. The van der Waals surface area contributed by atoms with Gasteiger partial charge in [-0.3, -0.25) is 0 Å². The molecule has 2 aromatic rings. The predicted octanol–water partition coefficient (Wildman–Crippen LogP) is 1.78. The van der Waals surface area contributed by atoms with E-state index in [2.05, 4.69) is 21.1 Å². The molecule has 0 bridgehead atoms. The molecule has 3 rings (SSSR count). The molecule has 1 aliphatic carbocycles. The van der Waals surface area contributed by atoms with Gasteiger partial charge in [0, 0.05) is 11.7 Å². The third-order valence-corrected chi connectivity index (χ3v) is 3.72. The van der Waals surface area contributed by atoms with Crippen molar-refractivity contribution in [2.45, 2.75) is 37.6 Å². The van der Waals surface area contributed by atoms with Gasteiger partial charge in [-0.25, -0.2) is 14.6 Å². The molecular formula is C13H17N5. The fraction of sp³-hybridized carbons (Fsp3) is 0.462. The Balaban J connectivity index is 1.86. The van der Waals surface area contributed by atoms with Crippen molar-refractivity contribution in [3.63, 3.8) is 0 Å². The van der Waals surface area contributed by atoms with Gasteiger partial charge in [0.25, 0.3) is 0 Å². The maximum Gasteiger partial charge on any atom is 0.155 e. The molecular weight excluding hydrogens is 226 g/mol. The average molecular weight is 243 g/mol. The molecule has 2 heterocycles. The van der Waals surface area contributed by atoms with Crippen LogP contribution in [0.15, 0.2) is 31.0 Å². The minimum absolute atomic E-state index is 0.188. The lowest BCUT2D eigenvalue weighted by molar-refractivity contribution is 0.301. The summed E-state index contributed by atoms with van der Waals surface area (Å²) in [5, 5.41) is 4.06. The quantitative estimate of drug-likeness (QED) is 0.872. The monoisotopic (exact) mass is 243 g/mol. The third-order valence-electron chi connectivity index (χ3n) is 3.72. The molecule has 5 heteroatoms. The third kappa shape index (κ3) is 2.01. The molecule has 2 N–H and O–H groups in total. The van der Waals surface area contributed by atoms with Crippen molar-refractivity contribution in [3.8, 4) is 5.82 Å². The lowest BCUT2D eigenvalue weighted by Gasteiger charge is -2.33. The fourth-order valence-corrected chi connectivity index (χ4v) is 2.61. The molecule has 5 nitrogen and oxygen atoms in total. The number of aromatic nitrogens is 4. The van der Waals surface area contributed by atoms with Crippen molar-refractivity contribution in [3.05, 3.63) is 36.5 Å². The molecule has 0 unspecified atom stereocenters. The van der Waals surface area contributed by atoms with Crippen LogP contribution in [0.5, 0.6) is 0 Å². The van der Waals surface area contributed by atoms with Crippen molar-refractivity contribution in [1.82, 2.24) is 19.7 Å². The fourth-order valence-electron chi connectivity index (χ4n) is 2.61. The zero-order chi connectivity index (χ0) is 12.4. The number of nitrogens with zero attached hydrogens (tertiary/aromatic N) is 4. The Labute approximate surface area is 106 Å². The van der Waals surface area contributed by atoms with Gasteiger partial charge in [-0.15, -0.1) is 0 Å². The van der Waals surface area contributed by atoms with E-state index in [1.807, 2.05) is 12.3 Å². The predicted molar refractivity (Wildman–Crippen MR) is 68.1 cm³/mol. The second-order valence-electron chi connectivity index (χ2n) is 4.96. The Kier molecular flexibility index (Phi) is 2.83. The summed E-state index contributed by atoms with van der Waals surface area (Å²) < 4.78 is 1.65. The minimum Gasteiger partial charge on any atom is -0.321 e. The van der Waals surface area contributed by atoms with Gasteiger partial charge in [-0.1, -0.05) is 25.3 Å². The summed E-state index contributed by atoms with van der Waals surface area (Å²) in [5.41, 5.74) is 7.42. The molecule has 0 aliphatic heterocycles. The zero-order valence-corrected chi connectivity index (χ0v) is 10.3. The lowest BCUT2D eigenvalue weighted by Crippen LogP contribution is -2.38. The molecule has 0 amide bonds. The van der Waals surface area contributed by atoms with Gasteiger partial charge in [0.1, 0.15) is 12.7 Å². The van der Waals surface area contributed by atoms with Crippen molar-refractivity contribution in [2.75, 3.05) is 0 Å². The van der Waals surface area contributed by atoms with Crippen LogP contribution in [-0.4, -0.2) is 19.7 Å². The van der Waals surface area contributed by atoms with Crippen LogP contribution < -0.4 is 5.73 Å². The first-order chi connectivity index (χ1) is 8.78. The SMILES string of the molecule is NC1(c2ccc(-n3cncn3)nc2)CCCCC1. The molecule has 2 aromatic heterocycles. The highest BCUT2D eigenvalue weighted by Gasteiger charge is 2.29. The van der Waals surface area contributed by atoms with Crippen LogP contribution in [0.25, 0.3) is 5.82 Å². The van der Waals surface area contributed by atoms with E-state index in [4.69, 9.17) is 5.73 Å². The molecule has 0 saturated heterocycles. The number of nitrogens with two attached hydrogens (primary N) is 1. The number of hydrogen-bond donors (Lipinski definition) is 1. The Morgan fingerprint density at radius 3 is 2.61 bits per heavy atom. The van der Waals surface area contributed by atoms with Crippen molar-refractivity contribution in [1.29, 1.82) is 0 Å². The van der Waals surface area contributed by atoms with Gasteiger partial charge < -0.3 is 5.73 Å². The van der Waals surface area contributed by atoms with E-state index in [0.717, 1.165) is 24.2 Å². The summed E-state index contributed by atoms with van der Waals surface area (Å²) in [6.07, 6.45) is 10.8. The van der Waals surface area contributed by atoms with E-state index in [-0.39, 0.29) is 5.54 Å². The van der Waals surface area contributed by atoms with Gasteiger partial charge in [-0.2, -0.15) is 5.10 Å². The molecule has 0 spiro atoms. The van der Waals surface area contributed by atoms with Crippen LogP contribution in [0.2, 0.25) is 0 Å². The van der Waals surface area contributed by atoms with Gasteiger partial charge in [0.15, 0.2) is 5.82 Å². The molecule has 18 heavy (non-hydrogen) atoms. The molecule has 0 aromatic carbocycles. The van der Waals surface area contributed by atoms with E-state index in [0.29, 0.717) is 0 Å². The lowest BCUT2D eigenvalue weighted by atomic mass is 9.78. The van der Waals surface area contributed by atoms with Crippen molar-refractivity contribution >= 4 is 0 Å². The van der Waals surface area contributed by atoms with E-state index in [1.54, 1.807) is 11.0 Å². The van der Waals surface area contributed by atoms with Crippen LogP contribution in [-0.2, 0) is 5.54 Å². The first-order valence-electron chi connectivity index (χ1n) is 6.38. The summed E-state index contributed by atoms with van der Waals surface area (Å²) in [6, 6.07) is 4.02. The summed E-state index contributed by atoms with van der Waals surface area (Å²) in [4.78, 5) is 8.33. The second kappa shape index (κ2) is 4.49. The average Bonchev–Trinajstić information content (AvgIpc) is 2.94. The topological polar surface area (TPSA) is 69.6 Å². The summed E-state index contributed by atoms with van der Waals surface area (Å²) in [5.74, 6) is 0.774. The van der Waals surface area contributed by atoms with E-state index in [9.17, 15) is 0 Å². The van der Waals surface area contributed by atoms with Crippen molar-refractivity contribution in [2.24, 2.45) is 5.73 Å². The molecule has 0 radical (unpaired) electrons. The van der Waals surface area contributed by atoms with Crippen LogP contribution in [0, 0.1) is 0 Å². The number of rotatable bonds is 2. The van der Waals surface area contributed by atoms with Gasteiger partial charge >= 0.3 is 0 Å².